The summed E-state index contributed by atoms with van der Waals surface area (Å²) >= 11 is 0. The van der Waals surface area contributed by atoms with E-state index in [0.29, 0.717) is 11.3 Å². The monoisotopic (exact) mass is 314 g/mol. The number of fused-ring (bicyclic) bond motifs is 3. The molecule has 0 bridgehead atoms. The second-order valence-electron chi connectivity index (χ2n) is 5.10. The Balaban J connectivity index is 0.000000815. The topological polar surface area (TPSA) is 42.9 Å². The highest BCUT2D eigenvalue weighted by atomic mass is 16.1. The summed E-state index contributed by atoms with van der Waals surface area (Å²) in [7, 11) is 0. The second kappa shape index (κ2) is 7.01. The molecule has 24 heavy (non-hydrogen) atoms. The molecule has 0 saturated carbocycles. The number of ketones is 1. The van der Waals surface area contributed by atoms with Crippen LogP contribution in [0.3, 0.4) is 0 Å². The Bertz CT molecular complexity index is 994. The molecule has 0 spiro atoms. The summed E-state index contributed by atoms with van der Waals surface area (Å²) < 4.78 is 0. The molecular formula is C21H18N2O. The molecule has 0 radical (unpaired) electrons. The zero-order chi connectivity index (χ0) is 16.9. The first-order chi connectivity index (χ1) is 11.8. The van der Waals surface area contributed by atoms with Crippen LogP contribution in [-0.4, -0.2) is 15.8 Å². The van der Waals surface area contributed by atoms with Crippen molar-refractivity contribution in [2.24, 2.45) is 0 Å². The molecule has 0 fully saturated rings. The highest BCUT2D eigenvalue weighted by Gasteiger charge is 2.12. The van der Waals surface area contributed by atoms with Crippen molar-refractivity contribution in [2.45, 2.75) is 13.8 Å². The van der Waals surface area contributed by atoms with Crippen LogP contribution in [0.25, 0.3) is 21.8 Å². The summed E-state index contributed by atoms with van der Waals surface area (Å²) in [5.74, 6) is -0.0737. The van der Waals surface area contributed by atoms with Crippen molar-refractivity contribution >= 4 is 27.6 Å². The maximum absolute atomic E-state index is 12.5. The van der Waals surface area contributed by atoms with Gasteiger partial charge in [-0.1, -0.05) is 68.4 Å². The van der Waals surface area contributed by atoms with E-state index in [1.807, 2.05) is 62.4 Å². The van der Waals surface area contributed by atoms with Gasteiger partial charge in [-0.3, -0.25) is 9.78 Å². The van der Waals surface area contributed by atoms with Crippen LogP contribution in [0.1, 0.15) is 29.9 Å². The minimum Gasteiger partial charge on any atom is -0.287 e. The number of rotatable bonds is 2. The Kier molecular flexibility index (Phi) is 4.62. The summed E-state index contributed by atoms with van der Waals surface area (Å²) in [6, 6.07) is 20.8. The fraction of sp³-hybridized carbons (Fsp3) is 0.0952. The van der Waals surface area contributed by atoms with Gasteiger partial charge in [0.15, 0.2) is 0 Å². The lowest BCUT2D eigenvalue weighted by atomic mass is 10.1. The van der Waals surface area contributed by atoms with E-state index in [-0.39, 0.29) is 5.78 Å². The fourth-order valence-electron chi connectivity index (χ4n) is 2.59. The molecule has 0 amide bonds. The number of pyridine rings is 2. The first-order valence-electron chi connectivity index (χ1n) is 8.07. The molecular weight excluding hydrogens is 296 g/mol. The van der Waals surface area contributed by atoms with Gasteiger partial charge in [0.05, 0.1) is 11.0 Å². The van der Waals surface area contributed by atoms with Gasteiger partial charge in [-0.25, -0.2) is 4.98 Å². The first kappa shape index (κ1) is 15.8. The molecule has 3 heteroatoms. The minimum atomic E-state index is -0.0737. The van der Waals surface area contributed by atoms with Gasteiger partial charge in [-0.05, 0) is 12.1 Å². The van der Waals surface area contributed by atoms with Gasteiger partial charge in [0.25, 0.3) is 0 Å². The molecule has 2 heterocycles. The minimum absolute atomic E-state index is 0.0737. The molecule has 0 atom stereocenters. The Morgan fingerprint density at radius 2 is 1.42 bits per heavy atom. The summed E-state index contributed by atoms with van der Waals surface area (Å²) in [6.45, 7) is 4.00. The third kappa shape index (κ3) is 2.88. The Morgan fingerprint density at radius 1 is 0.750 bits per heavy atom. The second-order valence-corrected chi connectivity index (χ2v) is 5.10. The predicted molar refractivity (Wildman–Crippen MR) is 98.3 cm³/mol. The summed E-state index contributed by atoms with van der Waals surface area (Å²) in [5.41, 5.74) is 2.67. The molecule has 0 aliphatic rings. The maximum atomic E-state index is 12.5. The Labute approximate surface area is 141 Å². The van der Waals surface area contributed by atoms with Crippen LogP contribution in [-0.2, 0) is 0 Å². The maximum Gasteiger partial charge on any atom is 0.211 e. The van der Waals surface area contributed by atoms with E-state index in [1.165, 1.54) is 0 Å². The van der Waals surface area contributed by atoms with Gasteiger partial charge in [-0.15, -0.1) is 0 Å². The molecule has 2 aromatic carbocycles. The quantitative estimate of drug-likeness (QED) is 0.384. The van der Waals surface area contributed by atoms with Crippen LogP contribution in [0, 0.1) is 0 Å². The summed E-state index contributed by atoms with van der Waals surface area (Å²) in [4.78, 5) is 21.5. The number of carbonyl (C=O) groups is 1. The Morgan fingerprint density at radius 3 is 2.17 bits per heavy atom. The highest BCUT2D eigenvalue weighted by molar-refractivity contribution is 6.10. The molecule has 118 valence electrons. The van der Waals surface area contributed by atoms with Crippen LogP contribution in [0.5, 0.6) is 0 Å². The lowest BCUT2D eigenvalue weighted by Gasteiger charge is -2.05. The van der Waals surface area contributed by atoms with Crippen LogP contribution >= 0.6 is 0 Å². The normalized spacial score (nSPS) is 10.2. The third-order valence-corrected chi connectivity index (χ3v) is 3.70. The number of nitrogens with zero attached hydrogens (tertiary/aromatic N) is 2. The van der Waals surface area contributed by atoms with Crippen LogP contribution in [0.4, 0.5) is 0 Å². The Hall–Kier alpha value is -3.07. The molecule has 3 nitrogen and oxygen atoms in total. The van der Waals surface area contributed by atoms with Crippen molar-refractivity contribution < 1.29 is 4.79 Å². The van der Waals surface area contributed by atoms with Gasteiger partial charge in [0.2, 0.25) is 5.78 Å². The van der Waals surface area contributed by atoms with E-state index in [1.54, 1.807) is 24.4 Å². The van der Waals surface area contributed by atoms with Crippen molar-refractivity contribution in [2.75, 3.05) is 0 Å². The number of benzene rings is 2. The van der Waals surface area contributed by atoms with Crippen molar-refractivity contribution in [1.82, 2.24) is 9.97 Å². The number of aromatic nitrogens is 2. The molecule has 2 aromatic heterocycles. The molecule has 0 N–H and O–H groups in total. The summed E-state index contributed by atoms with van der Waals surface area (Å²) in [5, 5.41) is 2.00. The predicted octanol–water partition coefficient (Wildman–Crippen LogP) is 5.04. The standard InChI is InChI=1S/C19H12N2O.C2H6/c22-19(15-5-2-1-3-6-15)16-11-10-14-9-8-13-7-4-12-20-17(13)18(14)21-16;1-2/h1-12H;1-2H3. The average Bonchev–Trinajstić information content (AvgIpc) is 2.69. The average molecular weight is 314 g/mol. The van der Waals surface area contributed by atoms with Gasteiger partial charge < -0.3 is 0 Å². The van der Waals surface area contributed by atoms with Gasteiger partial charge >= 0.3 is 0 Å². The molecule has 0 aliphatic heterocycles. The highest BCUT2D eigenvalue weighted by Crippen LogP contribution is 2.22. The smallest absolute Gasteiger partial charge is 0.211 e. The van der Waals surface area contributed by atoms with Crippen molar-refractivity contribution in [3.8, 4) is 0 Å². The van der Waals surface area contributed by atoms with E-state index in [9.17, 15) is 4.79 Å². The van der Waals surface area contributed by atoms with Crippen molar-refractivity contribution in [1.29, 1.82) is 0 Å². The first-order valence-corrected chi connectivity index (χ1v) is 8.07. The zero-order valence-electron chi connectivity index (χ0n) is 13.7. The lowest BCUT2D eigenvalue weighted by Crippen LogP contribution is -2.04. The zero-order valence-corrected chi connectivity index (χ0v) is 13.7. The molecule has 0 saturated heterocycles. The number of carbonyl (C=O) groups excluding carboxylic acids is 1. The van der Waals surface area contributed by atoms with Crippen LogP contribution in [0.15, 0.2) is 72.9 Å². The van der Waals surface area contributed by atoms with E-state index in [0.717, 1.165) is 21.8 Å². The van der Waals surface area contributed by atoms with Crippen LogP contribution < -0.4 is 0 Å². The van der Waals surface area contributed by atoms with Crippen molar-refractivity contribution in [3.05, 3.63) is 84.2 Å². The largest absolute Gasteiger partial charge is 0.287 e. The van der Waals surface area contributed by atoms with E-state index < -0.39 is 0 Å². The molecule has 4 aromatic rings. The van der Waals surface area contributed by atoms with E-state index in [2.05, 4.69) is 9.97 Å². The van der Waals surface area contributed by atoms with Crippen molar-refractivity contribution in [3.63, 3.8) is 0 Å². The SMILES string of the molecule is CC.O=C(c1ccccc1)c1ccc2ccc3cccnc3c2n1. The van der Waals surface area contributed by atoms with Gasteiger partial charge in [0, 0.05) is 22.5 Å². The molecule has 0 unspecified atom stereocenters. The third-order valence-electron chi connectivity index (χ3n) is 3.70. The summed E-state index contributed by atoms with van der Waals surface area (Å²) in [6.07, 6.45) is 1.75. The van der Waals surface area contributed by atoms with E-state index in [4.69, 9.17) is 0 Å². The fourth-order valence-corrected chi connectivity index (χ4v) is 2.59. The van der Waals surface area contributed by atoms with Gasteiger partial charge in [-0.2, -0.15) is 0 Å². The molecule has 4 rings (SSSR count). The molecule has 0 aliphatic carbocycles. The number of hydrogen-bond donors (Lipinski definition) is 0. The lowest BCUT2D eigenvalue weighted by molar-refractivity contribution is 0.103. The van der Waals surface area contributed by atoms with Crippen LogP contribution in [0.2, 0.25) is 0 Å². The number of hydrogen-bond acceptors (Lipinski definition) is 3. The van der Waals surface area contributed by atoms with E-state index >= 15 is 0 Å². The van der Waals surface area contributed by atoms with Gasteiger partial charge in [0.1, 0.15) is 5.69 Å².